The van der Waals surface area contributed by atoms with Gasteiger partial charge in [-0.3, -0.25) is 0 Å². The molecule has 6 nitrogen and oxygen atoms in total. The van der Waals surface area contributed by atoms with E-state index in [-0.39, 0.29) is 6.09 Å². The summed E-state index contributed by atoms with van der Waals surface area (Å²) in [6, 6.07) is 3.69. The van der Waals surface area contributed by atoms with Crippen molar-refractivity contribution in [2.24, 2.45) is 5.92 Å². The van der Waals surface area contributed by atoms with Crippen molar-refractivity contribution in [2.45, 2.75) is 45.8 Å². The number of carbonyl (C=O) groups excluding carboxylic acids is 1. The minimum atomic E-state index is -0.482. The van der Waals surface area contributed by atoms with Crippen LogP contribution in [-0.2, 0) is 16.0 Å². The van der Waals surface area contributed by atoms with Gasteiger partial charge in [-0.1, -0.05) is 0 Å². The molecule has 0 N–H and O–H groups in total. The molecule has 1 heterocycles. The summed E-state index contributed by atoms with van der Waals surface area (Å²) in [4.78, 5) is 14.0. The molecule has 1 aromatic heterocycles. The van der Waals surface area contributed by atoms with Crippen molar-refractivity contribution in [1.82, 2.24) is 15.1 Å². The number of methoxy groups -OCH3 is 1. The lowest BCUT2D eigenvalue weighted by atomic mass is 10.2. The van der Waals surface area contributed by atoms with Crippen LogP contribution >= 0.6 is 15.9 Å². The number of hydrogen-bond acceptors (Lipinski definition) is 5. The van der Waals surface area contributed by atoms with Crippen molar-refractivity contribution in [3.8, 4) is 0 Å². The van der Waals surface area contributed by atoms with E-state index in [0.717, 1.165) is 12.2 Å². The summed E-state index contributed by atoms with van der Waals surface area (Å²) >= 11 is 3.25. The second kappa shape index (κ2) is 9.17. The summed E-state index contributed by atoms with van der Waals surface area (Å²) in [5.74, 6) is 0.603. The van der Waals surface area contributed by atoms with Crippen LogP contribution in [0.25, 0.3) is 0 Å². The largest absolute Gasteiger partial charge is 0.444 e. The molecule has 0 unspecified atom stereocenters. The lowest BCUT2D eigenvalue weighted by Crippen LogP contribution is -2.37. The van der Waals surface area contributed by atoms with Gasteiger partial charge in [0.2, 0.25) is 0 Å². The third-order valence-electron chi connectivity index (χ3n) is 2.87. The first-order valence-electron chi connectivity index (χ1n) is 7.61. The smallest absolute Gasteiger partial charge is 0.410 e. The van der Waals surface area contributed by atoms with Crippen molar-refractivity contribution >= 4 is 22.0 Å². The number of hydrogen-bond donors (Lipinski definition) is 0. The van der Waals surface area contributed by atoms with E-state index in [1.54, 1.807) is 19.1 Å². The minimum Gasteiger partial charge on any atom is -0.444 e. The molecular formula is C16H26BrN3O3. The molecule has 23 heavy (non-hydrogen) atoms. The van der Waals surface area contributed by atoms with Crippen LogP contribution in [0.2, 0.25) is 0 Å². The molecule has 1 fully saturated rings. The van der Waals surface area contributed by atoms with Gasteiger partial charge in [0.15, 0.2) is 0 Å². The van der Waals surface area contributed by atoms with Gasteiger partial charge in [-0.05, 0) is 67.6 Å². The van der Waals surface area contributed by atoms with Gasteiger partial charge in [0.25, 0.3) is 0 Å². The fraction of sp³-hybridized carbons (Fsp3) is 0.688. The van der Waals surface area contributed by atoms with Crippen LogP contribution in [0.5, 0.6) is 0 Å². The van der Waals surface area contributed by atoms with Gasteiger partial charge >= 0.3 is 6.09 Å². The Kier molecular flexibility index (Phi) is 7.91. The summed E-state index contributed by atoms with van der Waals surface area (Å²) in [5, 5.41) is 8.03. The standard InChI is InChI=1S/C14H20BrN3O2.C2H6O/c1-14(2,3)20-13(19)18(8-10-4-5-10)9-11-6-7-12(15)17-16-11;1-3-2/h6-7,10H,4-5,8-9H2,1-3H3;1-2H3. The second-order valence-electron chi connectivity index (χ2n) is 6.56. The van der Waals surface area contributed by atoms with E-state index in [9.17, 15) is 4.79 Å². The van der Waals surface area contributed by atoms with E-state index in [1.807, 2.05) is 32.9 Å². The zero-order valence-corrected chi connectivity index (χ0v) is 16.1. The maximum absolute atomic E-state index is 12.2. The third kappa shape index (κ3) is 8.86. The average Bonchev–Trinajstić information content (AvgIpc) is 3.23. The van der Waals surface area contributed by atoms with E-state index >= 15 is 0 Å². The molecule has 0 atom stereocenters. The Labute approximate surface area is 146 Å². The Hall–Kier alpha value is -1.21. The molecule has 1 aliphatic rings. The van der Waals surface area contributed by atoms with Gasteiger partial charge in [-0.2, -0.15) is 5.10 Å². The fourth-order valence-corrected chi connectivity index (χ4v) is 1.98. The molecule has 0 saturated heterocycles. The average molecular weight is 388 g/mol. The van der Waals surface area contributed by atoms with Crippen molar-refractivity contribution in [2.75, 3.05) is 20.8 Å². The van der Waals surface area contributed by atoms with Crippen molar-refractivity contribution in [1.29, 1.82) is 0 Å². The summed E-state index contributed by atoms with van der Waals surface area (Å²) in [7, 11) is 3.25. The van der Waals surface area contributed by atoms with Crippen LogP contribution in [0.15, 0.2) is 16.7 Å². The monoisotopic (exact) mass is 387 g/mol. The highest BCUT2D eigenvalue weighted by Crippen LogP contribution is 2.30. The SMILES string of the molecule is CC(C)(C)OC(=O)N(Cc1ccc(Br)nn1)CC1CC1.COC. The van der Waals surface area contributed by atoms with E-state index in [2.05, 4.69) is 30.9 Å². The molecule has 1 aromatic rings. The molecule has 0 spiro atoms. The first kappa shape index (κ1) is 19.8. The summed E-state index contributed by atoms with van der Waals surface area (Å²) in [5.41, 5.74) is 0.282. The molecule has 0 bridgehead atoms. The highest BCUT2D eigenvalue weighted by atomic mass is 79.9. The molecular weight excluding hydrogens is 362 g/mol. The van der Waals surface area contributed by atoms with Gasteiger partial charge in [0.1, 0.15) is 10.2 Å². The molecule has 7 heteroatoms. The predicted octanol–water partition coefficient (Wildman–Crippen LogP) is 3.65. The number of ether oxygens (including phenoxy) is 2. The van der Waals surface area contributed by atoms with Crippen LogP contribution in [0.3, 0.4) is 0 Å². The maximum atomic E-state index is 12.2. The quantitative estimate of drug-likeness (QED) is 0.788. The Morgan fingerprint density at radius 3 is 2.35 bits per heavy atom. The lowest BCUT2D eigenvalue weighted by molar-refractivity contribution is 0.0221. The van der Waals surface area contributed by atoms with Crippen LogP contribution in [-0.4, -0.2) is 47.6 Å². The summed E-state index contributed by atoms with van der Waals surface area (Å²) < 4.78 is 10.4. The summed E-state index contributed by atoms with van der Waals surface area (Å²) in [6.45, 7) is 6.79. The van der Waals surface area contributed by atoms with Gasteiger partial charge in [0.05, 0.1) is 12.2 Å². The molecule has 1 amide bonds. The first-order chi connectivity index (χ1) is 10.7. The topological polar surface area (TPSA) is 64.5 Å². The lowest BCUT2D eigenvalue weighted by Gasteiger charge is -2.27. The van der Waals surface area contributed by atoms with Gasteiger partial charge < -0.3 is 14.4 Å². The highest BCUT2D eigenvalue weighted by Gasteiger charge is 2.29. The predicted molar refractivity (Wildman–Crippen MR) is 92.0 cm³/mol. The van der Waals surface area contributed by atoms with Gasteiger partial charge in [-0.25, -0.2) is 4.79 Å². The number of amides is 1. The Bertz CT molecular complexity index is 484. The first-order valence-corrected chi connectivity index (χ1v) is 8.40. The fourth-order valence-electron chi connectivity index (χ4n) is 1.77. The molecule has 1 aliphatic carbocycles. The number of halogens is 1. The maximum Gasteiger partial charge on any atom is 0.410 e. The molecule has 1 saturated carbocycles. The zero-order chi connectivity index (χ0) is 17.5. The van der Waals surface area contributed by atoms with Gasteiger partial charge in [-0.15, -0.1) is 5.10 Å². The third-order valence-corrected chi connectivity index (χ3v) is 3.29. The zero-order valence-electron chi connectivity index (χ0n) is 14.5. The molecule has 0 aliphatic heterocycles. The highest BCUT2D eigenvalue weighted by molar-refractivity contribution is 9.10. The molecule has 130 valence electrons. The van der Waals surface area contributed by atoms with Crippen LogP contribution in [0.1, 0.15) is 39.3 Å². The van der Waals surface area contributed by atoms with Crippen molar-refractivity contribution in [3.63, 3.8) is 0 Å². The van der Waals surface area contributed by atoms with Crippen molar-refractivity contribution in [3.05, 3.63) is 22.4 Å². The van der Waals surface area contributed by atoms with Crippen LogP contribution in [0, 0.1) is 5.92 Å². The Morgan fingerprint density at radius 1 is 1.30 bits per heavy atom. The minimum absolute atomic E-state index is 0.283. The number of nitrogens with zero attached hydrogens (tertiary/aromatic N) is 3. The number of carbonyl (C=O) groups is 1. The van der Waals surface area contributed by atoms with E-state index in [0.29, 0.717) is 17.1 Å². The van der Waals surface area contributed by atoms with Crippen molar-refractivity contribution < 1.29 is 14.3 Å². The van der Waals surface area contributed by atoms with Crippen LogP contribution in [0.4, 0.5) is 4.79 Å². The number of rotatable bonds is 4. The van der Waals surface area contributed by atoms with Crippen LogP contribution < -0.4 is 0 Å². The van der Waals surface area contributed by atoms with E-state index in [1.165, 1.54) is 12.8 Å². The Balaban J connectivity index is 0.000000816. The van der Waals surface area contributed by atoms with E-state index in [4.69, 9.17) is 4.74 Å². The van der Waals surface area contributed by atoms with Gasteiger partial charge in [0, 0.05) is 20.8 Å². The Morgan fingerprint density at radius 2 is 1.91 bits per heavy atom. The molecule has 2 rings (SSSR count). The molecule has 0 radical (unpaired) electrons. The molecule has 0 aromatic carbocycles. The van der Waals surface area contributed by atoms with E-state index < -0.39 is 5.60 Å². The normalized spacial score (nSPS) is 13.8. The number of aromatic nitrogens is 2. The second-order valence-corrected chi connectivity index (χ2v) is 7.37. The summed E-state index contributed by atoms with van der Waals surface area (Å²) in [6.07, 6.45) is 2.09.